The van der Waals surface area contributed by atoms with Gasteiger partial charge in [0.25, 0.3) is 5.56 Å². The van der Waals surface area contributed by atoms with Crippen LogP contribution in [-0.2, 0) is 4.74 Å². The van der Waals surface area contributed by atoms with Gasteiger partial charge in [-0.05, 0) is 50.8 Å². The highest BCUT2D eigenvalue weighted by Gasteiger charge is 2.20. The number of aromatic nitrogens is 2. The zero-order chi connectivity index (χ0) is 19.0. The summed E-state index contributed by atoms with van der Waals surface area (Å²) in [6.45, 7) is 5.52. The number of thiophene rings is 1. The molecule has 136 valence electrons. The topological polar surface area (TPSA) is 72.0 Å². The molecule has 0 spiro atoms. The zero-order valence-corrected chi connectivity index (χ0v) is 17.1. The minimum Gasteiger partial charge on any atom is -0.451 e. The molecule has 0 fully saturated rings. The Balaban J connectivity index is 1.90. The number of aryl methyl sites for hydroxylation is 2. The van der Waals surface area contributed by atoms with Gasteiger partial charge in [-0.2, -0.15) is 0 Å². The van der Waals surface area contributed by atoms with Gasteiger partial charge >= 0.3 is 5.97 Å². The Bertz CT molecular complexity index is 1060. The number of hydrogen-bond acceptors (Lipinski definition) is 6. The first-order valence-electron chi connectivity index (χ1n) is 7.86. The summed E-state index contributed by atoms with van der Waals surface area (Å²) in [4.78, 5) is 34.7. The predicted molar refractivity (Wildman–Crippen MR) is 107 cm³/mol. The van der Waals surface area contributed by atoms with Crippen molar-refractivity contribution in [3.63, 3.8) is 0 Å². The lowest BCUT2D eigenvalue weighted by Gasteiger charge is -2.13. The van der Waals surface area contributed by atoms with Crippen molar-refractivity contribution in [2.75, 3.05) is 6.26 Å². The number of nitrogens with zero attached hydrogens (tertiary/aromatic N) is 1. The summed E-state index contributed by atoms with van der Waals surface area (Å²) in [6.07, 6.45) is 1.20. The fourth-order valence-electron chi connectivity index (χ4n) is 2.53. The standard InChI is InChI=1S/C18H17ClN2O3S2/c1-8-10(3)26-17-14(8)16(22)20-15(21-17)9(2)24-18(23)12-7-11(25-4)5-6-13(12)19/h5-7,9H,1-4H3,(H,20,21,22)/t9-/m0/s1. The van der Waals surface area contributed by atoms with E-state index >= 15 is 0 Å². The summed E-state index contributed by atoms with van der Waals surface area (Å²) in [5.41, 5.74) is 0.990. The van der Waals surface area contributed by atoms with Crippen LogP contribution in [0.2, 0.25) is 5.02 Å². The summed E-state index contributed by atoms with van der Waals surface area (Å²) >= 11 is 9.08. The Morgan fingerprint density at radius 1 is 1.38 bits per heavy atom. The molecule has 0 saturated carbocycles. The molecule has 0 aliphatic rings. The first-order valence-corrected chi connectivity index (χ1v) is 10.3. The Labute approximate surface area is 163 Å². The Kier molecular flexibility index (Phi) is 5.41. The van der Waals surface area contributed by atoms with Gasteiger partial charge in [0.05, 0.1) is 16.0 Å². The summed E-state index contributed by atoms with van der Waals surface area (Å²) in [6, 6.07) is 5.19. The highest BCUT2D eigenvalue weighted by Crippen LogP contribution is 2.28. The van der Waals surface area contributed by atoms with Crippen LogP contribution in [0.25, 0.3) is 10.2 Å². The monoisotopic (exact) mass is 408 g/mol. The minimum atomic E-state index is -0.712. The van der Waals surface area contributed by atoms with Crippen molar-refractivity contribution in [1.29, 1.82) is 0 Å². The highest BCUT2D eigenvalue weighted by atomic mass is 35.5. The number of esters is 1. The molecular weight excluding hydrogens is 392 g/mol. The molecule has 0 aliphatic carbocycles. The van der Waals surface area contributed by atoms with Gasteiger partial charge in [0.1, 0.15) is 4.83 Å². The van der Waals surface area contributed by atoms with Crippen LogP contribution in [0, 0.1) is 13.8 Å². The molecule has 5 nitrogen and oxygen atoms in total. The molecule has 3 rings (SSSR count). The number of nitrogens with one attached hydrogen (secondary N) is 1. The van der Waals surface area contributed by atoms with Crippen molar-refractivity contribution in [3.05, 3.63) is 55.4 Å². The van der Waals surface area contributed by atoms with E-state index in [9.17, 15) is 9.59 Å². The number of aromatic amines is 1. The molecule has 1 atom stereocenters. The van der Waals surface area contributed by atoms with Gasteiger partial charge in [-0.25, -0.2) is 9.78 Å². The maximum absolute atomic E-state index is 12.5. The van der Waals surface area contributed by atoms with E-state index in [2.05, 4.69) is 9.97 Å². The van der Waals surface area contributed by atoms with Crippen molar-refractivity contribution < 1.29 is 9.53 Å². The number of ether oxygens (including phenoxy) is 1. The third-order valence-electron chi connectivity index (χ3n) is 4.12. The lowest BCUT2D eigenvalue weighted by molar-refractivity contribution is 0.0320. The van der Waals surface area contributed by atoms with Crippen LogP contribution in [0.1, 0.15) is 39.7 Å². The van der Waals surface area contributed by atoms with Crippen molar-refractivity contribution in [3.8, 4) is 0 Å². The van der Waals surface area contributed by atoms with Gasteiger partial charge in [0.15, 0.2) is 11.9 Å². The Morgan fingerprint density at radius 2 is 2.12 bits per heavy atom. The average Bonchev–Trinajstić information content (AvgIpc) is 2.89. The van der Waals surface area contributed by atoms with E-state index in [0.717, 1.165) is 15.3 Å². The molecule has 0 bridgehead atoms. The molecule has 2 heterocycles. The number of halogens is 1. The maximum Gasteiger partial charge on any atom is 0.340 e. The van der Waals surface area contributed by atoms with E-state index in [1.54, 1.807) is 19.1 Å². The van der Waals surface area contributed by atoms with Crippen molar-refractivity contribution in [2.45, 2.75) is 31.8 Å². The predicted octanol–water partition coefficient (Wildman–Crippen LogP) is 4.89. The molecule has 26 heavy (non-hydrogen) atoms. The van der Waals surface area contributed by atoms with Gasteiger partial charge in [0.2, 0.25) is 0 Å². The fraction of sp³-hybridized carbons (Fsp3) is 0.278. The van der Waals surface area contributed by atoms with Crippen LogP contribution < -0.4 is 5.56 Å². The van der Waals surface area contributed by atoms with E-state index in [1.165, 1.54) is 23.1 Å². The lowest BCUT2D eigenvalue weighted by atomic mass is 10.2. The summed E-state index contributed by atoms with van der Waals surface area (Å²) in [7, 11) is 0. The molecule has 2 aromatic heterocycles. The number of thioether (sulfide) groups is 1. The molecular formula is C18H17ClN2O3S2. The van der Waals surface area contributed by atoms with E-state index in [-0.39, 0.29) is 11.1 Å². The molecule has 0 amide bonds. The molecule has 1 N–H and O–H groups in total. The van der Waals surface area contributed by atoms with Crippen molar-refractivity contribution in [1.82, 2.24) is 9.97 Å². The number of H-pyrrole nitrogens is 1. The highest BCUT2D eigenvalue weighted by molar-refractivity contribution is 7.98. The van der Waals surface area contributed by atoms with Crippen LogP contribution in [0.3, 0.4) is 0 Å². The van der Waals surface area contributed by atoms with Crippen LogP contribution >= 0.6 is 34.7 Å². The number of carbonyl (C=O) groups is 1. The number of fused-ring (bicyclic) bond motifs is 1. The minimum absolute atomic E-state index is 0.225. The third kappa shape index (κ3) is 3.51. The number of benzene rings is 1. The average molecular weight is 409 g/mol. The van der Waals surface area contributed by atoms with Gasteiger partial charge < -0.3 is 9.72 Å². The summed E-state index contributed by atoms with van der Waals surface area (Å²) in [5.74, 6) is -0.242. The second-order valence-electron chi connectivity index (χ2n) is 5.81. The molecule has 8 heteroatoms. The molecule has 0 aliphatic heterocycles. The number of hydrogen-bond donors (Lipinski definition) is 1. The summed E-state index contributed by atoms with van der Waals surface area (Å²) in [5, 5.41) is 0.909. The molecule has 3 aromatic rings. The second-order valence-corrected chi connectivity index (χ2v) is 8.30. The second kappa shape index (κ2) is 7.42. The third-order valence-corrected chi connectivity index (χ3v) is 6.28. The quantitative estimate of drug-likeness (QED) is 0.491. The van der Waals surface area contributed by atoms with Crippen LogP contribution in [0.4, 0.5) is 0 Å². The van der Waals surface area contributed by atoms with E-state index in [4.69, 9.17) is 16.3 Å². The van der Waals surface area contributed by atoms with Gasteiger partial charge in [0, 0.05) is 9.77 Å². The first kappa shape index (κ1) is 18.9. The first-order chi connectivity index (χ1) is 12.3. The number of carbonyl (C=O) groups excluding carboxylic acids is 1. The van der Waals surface area contributed by atoms with Crippen LogP contribution in [0.5, 0.6) is 0 Å². The smallest absolute Gasteiger partial charge is 0.340 e. The normalized spacial score (nSPS) is 12.3. The largest absolute Gasteiger partial charge is 0.451 e. The molecule has 0 unspecified atom stereocenters. The zero-order valence-electron chi connectivity index (χ0n) is 14.7. The Morgan fingerprint density at radius 3 is 2.81 bits per heavy atom. The molecule has 1 aromatic carbocycles. The lowest BCUT2D eigenvalue weighted by Crippen LogP contribution is -2.17. The SMILES string of the molecule is CSc1ccc(Cl)c(C(=O)O[C@@H](C)c2nc3sc(C)c(C)c3c(=O)[nH]2)c1. The fourth-order valence-corrected chi connectivity index (χ4v) is 4.20. The van der Waals surface area contributed by atoms with E-state index < -0.39 is 12.1 Å². The van der Waals surface area contributed by atoms with Gasteiger partial charge in [-0.15, -0.1) is 23.1 Å². The van der Waals surface area contributed by atoms with Crippen LogP contribution in [-0.4, -0.2) is 22.2 Å². The summed E-state index contributed by atoms with van der Waals surface area (Å²) < 4.78 is 5.48. The van der Waals surface area contributed by atoms with Crippen molar-refractivity contribution in [2.24, 2.45) is 0 Å². The van der Waals surface area contributed by atoms with Crippen molar-refractivity contribution >= 4 is 50.9 Å². The molecule has 0 radical (unpaired) electrons. The van der Waals surface area contributed by atoms with E-state index in [1.807, 2.05) is 26.2 Å². The van der Waals surface area contributed by atoms with Crippen LogP contribution in [0.15, 0.2) is 27.9 Å². The number of rotatable bonds is 4. The molecule has 0 saturated heterocycles. The van der Waals surface area contributed by atoms with Gasteiger partial charge in [-0.3, -0.25) is 4.79 Å². The Hall–Kier alpha value is -1.83. The maximum atomic E-state index is 12.5. The van der Waals surface area contributed by atoms with E-state index in [0.29, 0.717) is 21.1 Å². The van der Waals surface area contributed by atoms with Gasteiger partial charge in [-0.1, -0.05) is 11.6 Å².